The van der Waals surface area contributed by atoms with Gasteiger partial charge in [0.25, 0.3) is 0 Å². The SMILES string of the molecule is COc1cc(N)cc(C=CCNC(=O)OCc2ccccc2)c1. The van der Waals surface area contributed by atoms with E-state index in [0.717, 1.165) is 11.1 Å². The molecule has 1 amide bonds. The van der Waals surface area contributed by atoms with Crippen molar-refractivity contribution in [2.24, 2.45) is 0 Å². The van der Waals surface area contributed by atoms with Crippen molar-refractivity contribution in [3.63, 3.8) is 0 Å². The van der Waals surface area contributed by atoms with Crippen molar-refractivity contribution in [2.75, 3.05) is 19.4 Å². The average Bonchev–Trinajstić information content (AvgIpc) is 2.57. The smallest absolute Gasteiger partial charge is 0.407 e. The average molecular weight is 312 g/mol. The molecule has 0 aliphatic rings. The summed E-state index contributed by atoms with van der Waals surface area (Å²) in [5.41, 5.74) is 8.26. The van der Waals surface area contributed by atoms with E-state index >= 15 is 0 Å². The van der Waals surface area contributed by atoms with Crippen LogP contribution in [0.1, 0.15) is 11.1 Å². The van der Waals surface area contributed by atoms with Crippen molar-refractivity contribution in [1.82, 2.24) is 5.32 Å². The molecule has 5 heteroatoms. The normalized spacial score (nSPS) is 10.5. The van der Waals surface area contributed by atoms with Gasteiger partial charge in [-0.2, -0.15) is 0 Å². The minimum absolute atomic E-state index is 0.253. The largest absolute Gasteiger partial charge is 0.497 e. The van der Waals surface area contributed by atoms with Crippen LogP contribution in [0, 0.1) is 0 Å². The molecule has 0 heterocycles. The van der Waals surface area contributed by atoms with Crippen molar-refractivity contribution in [1.29, 1.82) is 0 Å². The summed E-state index contributed by atoms with van der Waals surface area (Å²) in [6.45, 7) is 0.619. The Labute approximate surface area is 135 Å². The highest BCUT2D eigenvalue weighted by Crippen LogP contribution is 2.19. The number of alkyl carbamates (subject to hydrolysis) is 1. The van der Waals surface area contributed by atoms with Crippen LogP contribution in [0.4, 0.5) is 10.5 Å². The summed E-state index contributed by atoms with van der Waals surface area (Å²) in [6, 6.07) is 15.0. The predicted octanol–water partition coefficient (Wildman–Crippen LogP) is 3.22. The van der Waals surface area contributed by atoms with Gasteiger partial charge in [0.05, 0.1) is 7.11 Å². The van der Waals surface area contributed by atoms with E-state index in [2.05, 4.69) is 5.32 Å². The number of nitrogens with one attached hydrogen (secondary N) is 1. The minimum atomic E-state index is -0.455. The Morgan fingerprint density at radius 1 is 1.22 bits per heavy atom. The zero-order valence-electron chi connectivity index (χ0n) is 13.0. The van der Waals surface area contributed by atoms with Gasteiger partial charge in [-0.1, -0.05) is 42.5 Å². The number of benzene rings is 2. The van der Waals surface area contributed by atoms with E-state index in [-0.39, 0.29) is 6.61 Å². The minimum Gasteiger partial charge on any atom is -0.497 e. The lowest BCUT2D eigenvalue weighted by atomic mass is 10.2. The monoisotopic (exact) mass is 312 g/mol. The molecule has 23 heavy (non-hydrogen) atoms. The van der Waals surface area contributed by atoms with Gasteiger partial charge >= 0.3 is 6.09 Å². The molecule has 0 unspecified atom stereocenters. The Kier molecular flexibility index (Phi) is 6.06. The number of hydrogen-bond acceptors (Lipinski definition) is 4. The molecule has 0 saturated carbocycles. The molecule has 0 radical (unpaired) electrons. The van der Waals surface area contributed by atoms with Gasteiger partial charge in [0.1, 0.15) is 12.4 Å². The predicted molar refractivity (Wildman–Crippen MR) is 91.1 cm³/mol. The quantitative estimate of drug-likeness (QED) is 0.803. The van der Waals surface area contributed by atoms with Gasteiger partial charge in [-0.3, -0.25) is 0 Å². The first-order valence-corrected chi connectivity index (χ1v) is 7.23. The van der Waals surface area contributed by atoms with Gasteiger partial charge in [-0.15, -0.1) is 0 Å². The molecule has 2 aromatic rings. The molecule has 0 saturated heterocycles. The van der Waals surface area contributed by atoms with Gasteiger partial charge in [0.2, 0.25) is 0 Å². The van der Waals surface area contributed by atoms with E-state index in [1.807, 2.05) is 54.6 Å². The number of ether oxygens (including phenoxy) is 2. The summed E-state index contributed by atoms with van der Waals surface area (Å²) in [7, 11) is 1.59. The Balaban J connectivity index is 1.75. The zero-order valence-corrected chi connectivity index (χ0v) is 13.0. The number of anilines is 1. The molecule has 0 fully saturated rings. The van der Waals surface area contributed by atoms with E-state index in [9.17, 15) is 4.79 Å². The summed E-state index contributed by atoms with van der Waals surface area (Å²) < 4.78 is 10.3. The number of methoxy groups -OCH3 is 1. The highest BCUT2D eigenvalue weighted by Gasteiger charge is 2.00. The van der Waals surface area contributed by atoms with Crippen LogP contribution >= 0.6 is 0 Å². The number of rotatable bonds is 6. The van der Waals surface area contributed by atoms with E-state index in [4.69, 9.17) is 15.2 Å². The van der Waals surface area contributed by atoms with Crippen molar-refractivity contribution in [2.45, 2.75) is 6.61 Å². The van der Waals surface area contributed by atoms with Crippen LogP contribution in [0.5, 0.6) is 5.75 Å². The van der Waals surface area contributed by atoms with Crippen LogP contribution in [0.3, 0.4) is 0 Å². The molecule has 120 valence electrons. The molecule has 0 aliphatic heterocycles. The Hall–Kier alpha value is -2.95. The lowest BCUT2D eigenvalue weighted by Crippen LogP contribution is -2.24. The Morgan fingerprint density at radius 3 is 2.74 bits per heavy atom. The maximum absolute atomic E-state index is 11.6. The molecule has 3 N–H and O–H groups in total. The van der Waals surface area contributed by atoms with Crippen LogP contribution < -0.4 is 15.8 Å². The summed E-state index contributed by atoms with van der Waals surface area (Å²) >= 11 is 0. The van der Waals surface area contributed by atoms with E-state index in [1.165, 1.54) is 0 Å². The maximum Gasteiger partial charge on any atom is 0.407 e. The fourth-order valence-corrected chi connectivity index (χ4v) is 1.97. The van der Waals surface area contributed by atoms with Crippen LogP contribution in [0.15, 0.2) is 54.6 Å². The Morgan fingerprint density at radius 2 is 2.00 bits per heavy atom. The van der Waals surface area contributed by atoms with E-state index in [1.54, 1.807) is 13.2 Å². The number of nitrogens with two attached hydrogens (primary N) is 1. The van der Waals surface area contributed by atoms with E-state index < -0.39 is 6.09 Å². The van der Waals surface area contributed by atoms with Gasteiger partial charge in [-0.25, -0.2) is 4.79 Å². The number of amides is 1. The molecule has 2 rings (SSSR count). The molecular weight excluding hydrogens is 292 g/mol. The first kappa shape index (κ1) is 16.4. The lowest BCUT2D eigenvalue weighted by molar-refractivity contribution is 0.141. The van der Waals surface area contributed by atoms with Gasteiger partial charge in [-0.05, 0) is 23.3 Å². The highest BCUT2D eigenvalue weighted by atomic mass is 16.5. The second-order valence-corrected chi connectivity index (χ2v) is 4.88. The lowest BCUT2D eigenvalue weighted by Gasteiger charge is -2.05. The van der Waals surface area contributed by atoms with Crippen molar-refractivity contribution in [3.8, 4) is 5.75 Å². The number of nitrogen functional groups attached to an aromatic ring is 1. The van der Waals surface area contributed by atoms with Crippen LogP contribution in [-0.2, 0) is 11.3 Å². The standard InChI is InChI=1S/C18H20N2O3/c1-22-17-11-15(10-16(19)12-17)8-5-9-20-18(21)23-13-14-6-3-2-4-7-14/h2-8,10-12H,9,13,19H2,1H3,(H,20,21). The van der Waals surface area contributed by atoms with Gasteiger partial charge < -0.3 is 20.5 Å². The second kappa shape index (κ2) is 8.48. The van der Waals surface area contributed by atoms with Gasteiger partial charge in [0, 0.05) is 18.3 Å². The summed E-state index contributed by atoms with van der Waals surface area (Å²) in [5.74, 6) is 0.694. The highest BCUT2D eigenvalue weighted by molar-refractivity contribution is 5.67. The molecular formula is C18H20N2O3. The molecule has 0 aliphatic carbocycles. The summed E-state index contributed by atoms with van der Waals surface area (Å²) in [4.78, 5) is 11.6. The van der Waals surface area contributed by atoms with Gasteiger partial charge in [0.15, 0.2) is 0 Å². The topological polar surface area (TPSA) is 73.6 Å². The molecule has 2 aromatic carbocycles. The third-order valence-corrected chi connectivity index (χ3v) is 3.07. The van der Waals surface area contributed by atoms with Crippen molar-refractivity contribution < 1.29 is 14.3 Å². The third-order valence-electron chi connectivity index (χ3n) is 3.07. The van der Waals surface area contributed by atoms with Crippen molar-refractivity contribution in [3.05, 3.63) is 65.7 Å². The maximum atomic E-state index is 11.6. The number of hydrogen-bond donors (Lipinski definition) is 2. The summed E-state index contributed by atoms with van der Waals surface area (Å²) in [5, 5.41) is 2.66. The first-order valence-electron chi connectivity index (χ1n) is 7.23. The Bertz CT molecular complexity index is 669. The zero-order chi connectivity index (χ0) is 16.5. The molecule has 0 bridgehead atoms. The molecule has 0 spiro atoms. The molecule has 0 aromatic heterocycles. The number of carbonyl (C=O) groups is 1. The van der Waals surface area contributed by atoms with Crippen LogP contribution in [0.2, 0.25) is 0 Å². The van der Waals surface area contributed by atoms with Crippen LogP contribution in [-0.4, -0.2) is 19.7 Å². The number of carbonyl (C=O) groups excluding carboxylic acids is 1. The first-order chi connectivity index (χ1) is 11.2. The fourth-order valence-electron chi connectivity index (χ4n) is 1.97. The van der Waals surface area contributed by atoms with Crippen molar-refractivity contribution >= 4 is 17.9 Å². The molecule has 0 atom stereocenters. The second-order valence-electron chi connectivity index (χ2n) is 4.88. The van der Waals surface area contributed by atoms with Crippen LogP contribution in [0.25, 0.3) is 6.08 Å². The van der Waals surface area contributed by atoms with E-state index in [0.29, 0.717) is 18.0 Å². The molecule has 5 nitrogen and oxygen atoms in total. The fraction of sp³-hybridized carbons (Fsp3) is 0.167. The third kappa shape index (κ3) is 5.74. The summed E-state index contributed by atoms with van der Waals surface area (Å²) in [6.07, 6.45) is 3.22.